The number of carbonyl (C=O) groups is 2. The van der Waals surface area contributed by atoms with Crippen molar-refractivity contribution in [2.75, 3.05) is 58.2 Å². The number of hydrogen-bond donors (Lipinski definition) is 3. The number of nitrogens with zero attached hydrogens (tertiary/aromatic N) is 2. The van der Waals surface area contributed by atoms with Gasteiger partial charge in [0.2, 0.25) is 11.8 Å². The predicted octanol–water partition coefficient (Wildman–Crippen LogP) is 34.6. The number of nitro benzene ring substituents is 1. The lowest BCUT2D eigenvalue weighted by Gasteiger charge is -2.22. The van der Waals surface area contributed by atoms with E-state index >= 15 is 0 Å². The molecule has 0 aliphatic carbocycles. The van der Waals surface area contributed by atoms with Gasteiger partial charge < -0.3 is 44.6 Å². The number of ether oxygens (including phenoxy) is 5. The standard InChI is InChI=1S/C15H19N.C15H18O.2C13H19NO.C12H17FO.C12H18O2.C12H18OS.C12H18.C11H15NO2.C11H17N/c1-12-11-13(16-9-5-6-10-16)7-8-14(12)15(2,3)4;1-15(2,3)13-9-11-7-5-6-8-12(11)10-14(13)16-4;2*1-9-8-11(14-10(2)15)6-7-12(9)13(3,4)5;1-8-6-11(14-5)9(7-10(8)13)12(2,3)4;1-12(2,3)10-7-6-9(13-4)8-11(10)14-5;1-12(2,3)10-7-6-9(14-5)8-11(10)13-4;1-9-6-7-11(10(2)8-9)12(3,4)5;1-8-7-9(12(13)14)5-6-10(8)11(2,3)4;1-8-7-9(12)5-6-10(8)11(2,3)4/h5-11H,1-4H3;5-10H,1-4H3;2*6-8H,1-5H3,(H,14,15);6-7H,1-5H3;2*6-8H,1-5H3;6-8H,1-5H3;5-7H,1-4H3;5-7H,12H2,1-4H3. The van der Waals surface area contributed by atoms with Gasteiger partial charge in [-0.3, -0.25) is 19.7 Å². The molecule has 16 heteroatoms. The molecule has 14 nitrogen and oxygen atoms in total. The molecule has 0 bridgehead atoms. The van der Waals surface area contributed by atoms with E-state index in [-0.39, 0.29) is 82.4 Å². The number of aromatic nitrogens is 1. The Morgan fingerprint density at radius 1 is 0.331 bits per heavy atom. The average molecular weight is 1960 g/mol. The minimum atomic E-state index is -0.362. The maximum absolute atomic E-state index is 13.4. The number of aryl methyl sites for hydroxylation is 8. The number of nitro groups is 1. The van der Waals surface area contributed by atoms with Crippen LogP contribution in [0, 0.1) is 71.3 Å². The molecule has 0 spiro atoms. The van der Waals surface area contributed by atoms with Gasteiger partial charge in [-0.15, -0.1) is 11.8 Å². The number of nitrogens with two attached hydrogens (primary N) is 1. The lowest BCUT2D eigenvalue weighted by Crippen LogP contribution is -2.14. The van der Waals surface area contributed by atoms with Crippen molar-refractivity contribution in [3.8, 4) is 34.4 Å². The molecule has 1 heterocycles. The normalized spacial score (nSPS) is 11.5. The lowest BCUT2D eigenvalue weighted by atomic mass is 9.84. The van der Waals surface area contributed by atoms with E-state index in [1.807, 2.05) is 94.4 Å². The average Bonchev–Trinajstić information content (AvgIpc) is 1.17. The summed E-state index contributed by atoms with van der Waals surface area (Å²) in [6, 6.07) is 69.1. The summed E-state index contributed by atoms with van der Waals surface area (Å²) >= 11 is 1.74. The van der Waals surface area contributed by atoms with E-state index in [2.05, 4.69) is 378 Å². The summed E-state index contributed by atoms with van der Waals surface area (Å²) in [5, 5.41) is 18.6. The zero-order valence-corrected chi connectivity index (χ0v) is 96.5. The van der Waals surface area contributed by atoms with Crippen molar-refractivity contribution >= 4 is 57.1 Å². The second kappa shape index (κ2) is 53.1. The van der Waals surface area contributed by atoms with E-state index in [1.54, 1.807) is 78.5 Å². The van der Waals surface area contributed by atoms with Crippen molar-refractivity contribution in [2.24, 2.45) is 0 Å². The molecule has 0 saturated carbocycles. The number of nitrogen functional groups attached to an aromatic ring is 1. The topological polar surface area (TPSA) is 178 Å². The summed E-state index contributed by atoms with van der Waals surface area (Å²) in [6.07, 6.45) is 6.22. The lowest BCUT2D eigenvalue weighted by molar-refractivity contribution is -0.384. The fourth-order valence-corrected chi connectivity index (χ4v) is 17.2. The molecule has 4 N–H and O–H groups in total. The van der Waals surface area contributed by atoms with Crippen LogP contribution < -0.4 is 40.1 Å². The van der Waals surface area contributed by atoms with E-state index in [0.29, 0.717) is 5.56 Å². The number of fused-ring (bicyclic) bond motifs is 1. The fourth-order valence-electron chi connectivity index (χ4n) is 16.7. The molecule has 12 aromatic rings. The molecule has 0 unspecified atom stereocenters. The van der Waals surface area contributed by atoms with E-state index in [0.717, 1.165) is 62.5 Å². The molecule has 11 aromatic carbocycles. The first-order valence-electron chi connectivity index (χ1n) is 49.2. The maximum atomic E-state index is 13.4. The summed E-state index contributed by atoms with van der Waals surface area (Å²) < 4.78 is 42.1. The third kappa shape index (κ3) is 40.6. The SMILES string of the molecule is CC(=O)Nc1ccc(C(C)(C)C)c(C)c1.CC(=O)Nc1ccc(C(C)(C)C)c(C)c1.COc1cc(C)c(F)cc1C(C)(C)C.COc1cc(SC)ccc1C(C)(C)C.COc1cc2ccccc2cc1C(C)(C)C.COc1ccc(C(C)(C)C)c(OC)c1.Cc1cc(-n2cccc2)ccc1C(C)(C)C.Cc1cc(N)ccc1C(C)(C)C.Cc1cc([N+](=O)[O-])ccc1C(C)(C)C.Cc1ccc(C(C)(C)C)c(C)c1. The van der Waals surface area contributed by atoms with Crippen molar-refractivity contribution in [3.63, 3.8) is 0 Å². The molecule has 2 amide bonds. The molecule has 0 atom stereocenters. The molecule has 12 rings (SSSR count). The molecular formula is C126H178FN5O9S. The summed E-state index contributed by atoms with van der Waals surface area (Å²) in [4.78, 5) is 33.2. The van der Waals surface area contributed by atoms with Gasteiger partial charge in [0.25, 0.3) is 5.69 Å². The molecule has 142 heavy (non-hydrogen) atoms. The minimum Gasteiger partial charge on any atom is -0.497 e. The zero-order chi connectivity index (χ0) is 109. The number of methoxy groups -OCH3 is 5. The number of hydrogen-bond acceptors (Lipinski definition) is 11. The Kier molecular flexibility index (Phi) is 46.6. The van der Waals surface area contributed by atoms with Crippen LogP contribution in [0.5, 0.6) is 28.7 Å². The number of rotatable bonds is 10. The summed E-state index contributed by atoms with van der Waals surface area (Å²) in [6.45, 7) is 84.9. The molecule has 0 fully saturated rings. The van der Waals surface area contributed by atoms with Crippen LogP contribution in [-0.2, 0) is 63.7 Å². The first kappa shape index (κ1) is 125. The van der Waals surface area contributed by atoms with Crippen LogP contribution in [-0.4, -0.2) is 63.1 Å². The van der Waals surface area contributed by atoms with Crippen LogP contribution in [0.4, 0.5) is 27.1 Å². The largest absolute Gasteiger partial charge is 0.497 e. The number of anilines is 3. The highest BCUT2D eigenvalue weighted by Gasteiger charge is 2.27. The summed E-state index contributed by atoms with van der Waals surface area (Å²) in [5.74, 6) is 4.21. The van der Waals surface area contributed by atoms with E-state index in [4.69, 9.17) is 29.4 Å². The van der Waals surface area contributed by atoms with Gasteiger partial charge >= 0.3 is 0 Å². The van der Waals surface area contributed by atoms with Crippen LogP contribution in [0.3, 0.4) is 0 Å². The number of non-ortho nitro benzene ring substituents is 1. The fraction of sp³-hybridized carbons (Fsp3) is 0.444. The number of thioether (sulfide) groups is 1. The minimum absolute atomic E-state index is 0.0297. The van der Waals surface area contributed by atoms with Crippen LogP contribution in [0.25, 0.3) is 16.5 Å². The molecular weight excluding hydrogens is 1780 g/mol. The highest BCUT2D eigenvalue weighted by Crippen LogP contribution is 2.41. The van der Waals surface area contributed by atoms with Crippen LogP contribution >= 0.6 is 11.8 Å². The van der Waals surface area contributed by atoms with Gasteiger partial charge in [-0.25, -0.2) is 4.39 Å². The summed E-state index contributed by atoms with van der Waals surface area (Å²) in [5.41, 5.74) is 33.0. The number of amides is 2. The Labute approximate surface area is 862 Å². The van der Waals surface area contributed by atoms with Crippen molar-refractivity contribution in [2.45, 2.75) is 336 Å². The maximum Gasteiger partial charge on any atom is 0.269 e. The Balaban J connectivity index is 0.000000406. The first-order valence-corrected chi connectivity index (χ1v) is 50.4. The Morgan fingerprint density at radius 3 is 1.01 bits per heavy atom. The second-order valence-corrected chi connectivity index (χ2v) is 47.9. The zero-order valence-electron chi connectivity index (χ0n) is 95.7. The monoisotopic (exact) mass is 1960 g/mol. The molecule has 1 aromatic heterocycles. The van der Waals surface area contributed by atoms with E-state index in [9.17, 15) is 24.1 Å². The van der Waals surface area contributed by atoms with Gasteiger partial charge in [0.1, 0.15) is 34.6 Å². The van der Waals surface area contributed by atoms with Gasteiger partial charge in [0.05, 0.1) is 40.5 Å². The smallest absolute Gasteiger partial charge is 0.269 e. The first-order chi connectivity index (χ1) is 65.1. The van der Waals surface area contributed by atoms with Gasteiger partial charge in [0, 0.05) is 83.2 Å². The van der Waals surface area contributed by atoms with Crippen molar-refractivity contribution in [1.82, 2.24) is 4.57 Å². The number of carbonyl (C=O) groups excluding carboxylic acids is 2. The second-order valence-electron chi connectivity index (χ2n) is 47.0. The van der Waals surface area contributed by atoms with Gasteiger partial charge in [-0.05, 0) is 313 Å². The number of benzene rings is 11. The number of nitrogens with one attached hydrogen (secondary N) is 2. The molecule has 0 aliphatic rings. The molecule has 0 aliphatic heterocycles. The van der Waals surface area contributed by atoms with Crippen molar-refractivity contribution in [3.05, 3.63) is 335 Å². The van der Waals surface area contributed by atoms with Crippen LogP contribution in [0.15, 0.2) is 224 Å². The van der Waals surface area contributed by atoms with Gasteiger partial charge in [-0.1, -0.05) is 298 Å². The quantitative estimate of drug-likeness (QED) is 0.0514. The molecule has 774 valence electrons. The Hall–Kier alpha value is -11.6. The highest BCUT2D eigenvalue weighted by molar-refractivity contribution is 7.98. The van der Waals surface area contributed by atoms with Crippen LogP contribution in [0.2, 0.25) is 0 Å². The van der Waals surface area contributed by atoms with Crippen LogP contribution in [0.1, 0.15) is 322 Å². The predicted molar refractivity (Wildman–Crippen MR) is 610 cm³/mol. The third-order valence-electron chi connectivity index (χ3n) is 23.7. The highest BCUT2D eigenvalue weighted by atomic mass is 32.2. The Bertz CT molecular complexity index is 5870. The Morgan fingerprint density at radius 2 is 0.655 bits per heavy atom. The molecule has 0 saturated heterocycles. The van der Waals surface area contributed by atoms with Crippen molar-refractivity contribution < 1.29 is 42.6 Å². The number of halogens is 1. The van der Waals surface area contributed by atoms with E-state index < -0.39 is 0 Å². The van der Waals surface area contributed by atoms with Crippen molar-refractivity contribution in [1.29, 1.82) is 0 Å². The molecule has 0 radical (unpaired) electrons. The van der Waals surface area contributed by atoms with Gasteiger partial charge in [-0.2, -0.15) is 0 Å². The van der Waals surface area contributed by atoms with Gasteiger partial charge in [0.15, 0.2) is 0 Å². The third-order valence-corrected chi connectivity index (χ3v) is 24.4. The summed E-state index contributed by atoms with van der Waals surface area (Å²) in [7, 11) is 8.42. The van der Waals surface area contributed by atoms with E-state index in [1.165, 1.54) is 113 Å².